The van der Waals surface area contributed by atoms with Crippen LogP contribution >= 0.6 is 27.7 Å². The first-order valence-electron chi connectivity index (χ1n) is 8.92. The van der Waals surface area contributed by atoms with Crippen LogP contribution in [0.25, 0.3) is 6.08 Å². The maximum absolute atomic E-state index is 12.8. The van der Waals surface area contributed by atoms with E-state index in [9.17, 15) is 4.79 Å². The molecule has 0 radical (unpaired) electrons. The lowest BCUT2D eigenvalue weighted by Crippen LogP contribution is -2.28. The Morgan fingerprint density at radius 3 is 2.54 bits per heavy atom. The summed E-state index contributed by atoms with van der Waals surface area (Å²) in [4.78, 5) is 19.8. The number of rotatable bonds is 6. The van der Waals surface area contributed by atoms with Crippen molar-refractivity contribution in [1.29, 1.82) is 0 Å². The monoisotopic (exact) mass is 460 g/mol. The van der Waals surface area contributed by atoms with Crippen LogP contribution in [0.15, 0.2) is 56.8 Å². The van der Waals surface area contributed by atoms with E-state index < -0.39 is 0 Å². The molecule has 5 nitrogen and oxygen atoms in total. The topological polar surface area (TPSA) is 51.1 Å². The Bertz CT molecular complexity index is 926. The number of methoxy groups -OCH3 is 1. The van der Waals surface area contributed by atoms with Crippen molar-refractivity contribution in [3.8, 4) is 11.5 Å². The first-order chi connectivity index (χ1) is 13.5. The Kier molecular flexibility index (Phi) is 6.80. The minimum Gasteiger partial charge on any atom is -0.496 e. The van der Waals surface area contributed by atoms with Gasteiger partial charge < -0.3 is 9.47 Å². The molecule has 28 heavy (non-hydrogen) atoms. The van der Waals surface area contributed by atoms with Crippen molar-refractivity contribution < 1.29 is 14.3 Å². The highest BCUT2D eigenvalue weighted by molar-refractivity contribution is 9.10. The number of hydrogen-bond donors (Lipinski definition) is 0. The summed E-state index contributed by atoms with van der Waals surface area (Å²) in [6.07, 6.45) is 1.88. The number of hydrogen-bond acceptors (Lipinski definition) is 5. The van der Waals surface area contributed by atoms with E-state index in [1.165, 1.54) is 11.8 Å². The number of halogens is 1. The lowest BCUT2D eigenvalue weighted by atomic mass is 10.2. The van der Waals surface area contributed by atoms with Gasteiger partial charge in [0.2, 0.25) is 0 Å². The number of amidine groups is 1. The van der Waals surface area contributed by atoms with Gasteiger partial charge in [0, 0.05) is 6.54 Å². The van der Waals surface area contributed by atoms with Crippen LogP contribution in [-0.2, 0) is 4.79 Å². The van der Waals surface area contributed by atoms with E-state index in [1.807, 2.05) is 62.4 Å². The summed E-state index contributed by atoms with van der Waals surface area (Å²) < 4.78 is 11.6. The number of carbonyl (C=O) groups is 1. The van der Waals surface area contributed by atoms with Crippen molar-refractivity contribution in [3.63, 3.8) is 0 Å². The summed E-state index contributed by atoms with van der Waals surface area (Å²) >= 11 is 4.86. The van der Waals surface area contributed by atoms with E-state index in [4.69, 9.17) is 9.47 Å². The Morgan fingerprint density at radius 2 is 1.93 bits per heavy atom. The molecule has 0 N–H and O–H groups in total. The molecule has 1 heterocycles. The lowest BCUT2D eigenvalue weighted by Gasteiger charge is -2.12. The fourth-order valence-electron chi connectivity index (χ4n) is 2.69. The SMILES string of the molecule is CCOc1ccc(N=C2S/C(=C\c3ccc(OC)c(Br)c3)C(=O)N2CC)cc1. The van der Waals surface area contributed by atoms with E-state index >= 15 is 0 Å². The third-order valence-electron chi connectivity index (χ3n) is 4.05. The standard InChI is InChI=1S/C21H21BrN2O3S/c1-4-24-20(25)19(13-14-6-11-18(26-3)17(22)12-14)28-21(24)23-15-7-9-16(10-8-15)27-5-2/h6-13H,4-5H2,1-3H3/b19-13-,23-21?. The Balaban J connectivity index is 1.86. The van der Waals surface area contributed by atoms with E-state index in [-0.39, 0.29) is 5.91 Å². The predicted octanol–water partition coefficient (Wildman–Crippen LogP) is 5.48. The quantitative estimate of drug-likeness (QED) is 0.535. The number of thioether (sulfide) groups is 1. The van der Waals surface area contributed by atoms with Crippen LogP contribution in [0.4, 0.5) is 5.69 Å². The van der Waals surface area contributed by atoms with Crippen LogP contribution in [0.1, 0.15) is 19.4 Å². The molecule has 0 aromatic heterocycles. The van der Waals surface area contributed by atoms with Gasteiger partial charge in [0.1, 0.15) is 11.5 Å². The van der Waals surface area contributed by atoms with Gasteiger partial charge in [-0.1, -0.05) is 6.07 Å². The van der Waals surface area contributed by atoms with Gasteiger partial charge in [-0.25, -0.2) is 4.99 Å². The number of aliphatic imine (C=N–C) groups is 1. The first kappa shape index (κ1) is 20.5. The normalized spacial score (nSPS) is 16.9. The Hall–Kier alpha value is -2.25. The molecule has 0 unspecified atom stereocenters. The Morgan fingerprint density at radius 1 is 1.18 bits per heavy atom. The fraction of sp³-hybridized carbons (Fsp3) is 0.238. The Labute approximate surface area is 177 Å². The molecule has 0 bridgehead atoms. The van der Waals surface area contributed by atoms with Crippen molar-refractivity contribution in [1.82, 2.24) is 4.90 Å². The molecule has 0 aliphatic carbocycles. The van der Waals surface area contributed by atoms with Crippen LogP contribution in [-0.4, -0.2) is 36.2 Å². The number of amides is 1. The number of carbonyl (C=O) groups excluding carboxylic acids is 1. The number of likely N-dealkylation sites (N-methyl/N-ethyl adjacent to an activating group) is 1. The number of benzene rings is 2. The van der Waals surface area contributed by atoms with Crippen molar-refractivity contribution in [2.24, 2.45) is 4.99 Å². The minimum atomic E-state index is -0.0378. The summed E-state index contributed by atoms with van der Waals surface area (Å²) in [5, 5.41) is 0.676. The summed E-state index contributed by atoms with van der Waals surface area (Å²) in [5.41, 5.74) is 1.70. The molecular formula is C21H21BrN2O3S. The maximum atomic E-state index is 12.8. The average Bonchev–Trinajstić information content (AvgIpc) is 2.98. The third-order valence-corrected chi connectivity index (χ3v) is 5.68. The summed E-state index contributed by atoms with van der Waals surface area (Å²) in [6.45, 7) is 5.07. The van der Waals surface area contributed by atoms with E-state index in [1.54, 1.807) is 12.0 Å². The zero-order valence-corrected chi connectivity index (χ0v) is 18.3. The van der Waals surface area contributed by atoms with Crippen LogP contribution in [0.2, 0.25) is 0 Å². The molecule has 2 aromatic carbocycles. The van der Waals surface area contributed by atoms with Gasteiger partial charge in [0.15, 0.2) is 5.17 Å². The second-order valence-corrected chi connectivity index (χ2v) is 7.74. The van der Waals surface area contributed by atoms with Crippen molar-refractivity contribution >= 4 is 50.5 Å². The largest absolute Gasteiger partial charge is 0.496 e. The lowest BCUT2D eigenvalue weighted by molar-refractivity contribution is -0.122. The highest BCUT2D eigenvalue weighted by atomic mass is 79.9. The molecule has 2 aromatic rings. The van der Waals surface area contributed by atoms with Gasteiger partial charge >= 0.3 is 0 Å². The molecule has 1 fully saturated rings. The average molecular weight is 461 g/mol. The third kappa shape index (κ3) is 4.59. The fourth-order valence-corrected chi connectivity index (χ4v) is 4.31. The van der Waals surface area contributed by atoms with E-state index in [2.05, 4.69) is 20.9 Å². The molecule has 7 heteroatoms. The van der Waals surface area contributed by atoms with Crippen molar-refractivity contribution in [2.45, 2.75) is 13.8 Å². The highest BCUT2D eigenvalue weighted by Crippen LogP contribution is 2.35. The second-order valence-electron chi connectivity index (χ2n) is 5.88. The first-order valence-corrected chi connectivity index (χ1v) is 10.5. The predicted molar refractivity (Wildman–Crippen MR) is 118 cm³/mol. The van der Waals surface area contributed by atoms with Gasteiger partial charge in [-0.3, -0.25) is 9.69 Å². The van der Waals surface area contributed by atoms with E-state index in [0.29, 0.717) is 23.2 Å². The zero-order chi connectivity index (χ0) is 20.1. The molecule has 1 aliphatic heterocycles. The minimum absolute atomic E-state index is 0.0378. The molecule has 1 aliphatic rings. The second kappa shape index (κ2) is 9.30. The molecule has 0 saturated carbocycles. The molecule has 0 spiro atoms. The van der Waals surface area contributed by atoms with Gasteiger partial charge in [0.05, 0.1) is 28.8 Å². The van der Waals surface area contributed by atoms with Gasteiger partial charge in [-0.2, -0.15) is 0 Å². The smallest absolute Gasteiger partial charge is 0.266 e. The van der Waals surface area contributed by atoms with Gasteiger partial charge in [-0.15, -0.1) is 0 Å². The van der Waals surface area contributed by atoms with Crippen LogP contribution in [0.5, 0.6) is 11.5 Å². The van der Waals surface area contributed by atoms with Gasteiger partial charge in [-0.05, 0) is 89.6 Å². The van der Waals surface area contributed by atoms with Crippen molar-refractivity contribution in [3.05, 3.63) is 57.4 Å². The summed E-state index contributed by atoms with van der Waals surface area (Å²) in [5.74, 6) is 1.52. The van der Waals surface area contributed by atoms with Crippen LogP contribution in [0, 0.1) is 0 Å². The van der Waals surface area contributed by atoms with E-state index in [0.717, 1.165) is 27.2 Å². The van der Waals surface area contributed by atoms with Crippen LogP contribution < -0.4 is 9.47 Å². The number of ether oxygens (including phenoxy) is 2. The molecular weight excluding hydrogens is 440 g/mol. The van der Waals surface area contributed by atoms with Crippen LogP contribution in [0.3, 0.4) is 0 Å². The highest BCUT2D eigenvalue weighted by Gasteiger charge is 2.32. The molecule has 0 atom stereocenters. The summed E-state index contributed by atoms with van der Waals surface area (Å²) in [7, 11) is 1.62. The zero-order valence-electron chi connectivity index (χ0n) is 15.9. The summed E-state index contributed by atoms with van der Waals surface area (Å²) in [6, 6.07) is 13.3. The maximum Gasteiger partial charge on any atom is 0.266 e. The molecule has 1 saturated heterocycles. The van der Waals surface area contributed by atoms with Crippen molar-refractivity contribution in [2.75, 3.05) is 20.3 Å². The molecule has 3 rings (SSSR count). The molecule has 1 amide bonds. The molecule has 146 valence electrons. The number of nitrogens with zero attached hydrogens (tertiary/aromatic N) is 2. The van der Waals surface area contributed by atoms with Gasteiger partial charge in [0.25, 0.3) is 5.91 Å².